The first-order chi connectivity index (χ1) is 12.7. The summed E-state index contributed by atoms with van der Waals surface area (Å²) in [4.78, 5) is 14.8. The van der Waals surface area contributed by atoms with Crippen LogP contribution in [0.3, 0.4) is 0 Å². The van der Waals surface area contributed by atoms with Crippen LogP contribution in [0.4, 0.5) is 5.69 Å². The van der Waals surface area contributed by atoms with Gasteiger partial charge in [0.25, 0.3) is 0 Å². The maximum absolute atomic E-state index is 13.1. The second-order valence-corrected chi connectivity index (χ2v) is 6.20. The number of nitrogens with zero attached hydrogens (tertiary/aromatic N) is 2. The number of anilines is 1. The number of aryl methyl sites for hydroxylation is 1. The molecule has 2 heterocycles. The number of benzene rings is 2. The van der Waals surface area contributed by atoms with E-state index in [1.807, 2.05) is 67.6 Å². The van der Waals surface area contributed by atoms with Gasteiger partial charge in [0.1, 0.15) is 11.5 Å². The van der Waals surface area contributed by atoms with Gasteiger partial charge in [0.2, 0.25) is 5.91 Å². The molecule has 0 atom stereocenters. The smallest absolute Gasteiger partial charge is 0.233 e. The molecule has 0 saturated heterocycles. The molecule has 5 nitrogen and oxygen atoms in total. The summed E-state index contributed by atoms with van der Waals surface area (Å²) in [6.45, 7) is 2.38. The first kappa shape index (κ1) is 16.1. The van der Waals surface area contributed by atoms with Gasteiger partial charge in [-0.2, -0.15) is 0 Å². The van der Waals surface area contributed by atoms with Crippen LogP contribution in [-0.2, 0) is 17.8 Å². The molecule has 0 aliphatic rings. The Kier molecular flexibility index (Phi) is 4.27. The van der Waals surface area contributed by atoms with Crippen molar-refractivity contribution in [3.63, 3.8) is 0 Å². The highest BCUT2D eigenvalue weighted by atomic mass is 16.5. The van der Waals surface area contributed by atoms with Crippen molar-refractivity contribution in [2.75, 3.05) is 4.90 Å². The Balaban J connectivity index is 1.64. The maximum Gasteiger partial charge on any atom is 0.233 e. The summed E-state index contributed by atoms with van der Waals surface area (Å²) >= 11 is 0. The quantitative estimate of drug-likeness (QED) is 0.534. The van der Waals surface area contributed by atoms with Crippen molar-refractivity contribution in [1.82, 2.24) is 5.16 Å². The number of fused-ring (bicyclic) bond motifs is 1. The molecule has 130 valence electrons. The van der Waals surface area contributed by atoms with E-state index in [1.54, 1.807) is 11.2 Å². The molecule has 4 aromatic rings. The highest BCUT2D eigenvalue weighted by Gasteiger charge is 2.20. The number of furan rings is 1. The molecular weight excluding hydrogens is 328 g/mol. The molecule has 2 aromatic carbocycles. The number of hydrogen-bond donors (Lipinski definition) is 0. The molecule has 1 amide bonds. The van der Waals surface area contributed by atoms with Crippen molar-refractivity contribution < 1.29 is 13.7 Å². The Labute approximate surface area is 150 Å². The summed E-state index contributed by atoms with van der Waals surface area (Å²) in [6.07, 6.45) is 1.77. The van der Waals surface area contributed by atoms with E-state index in [2.05, 4.69) is 5.16 Å². The number of hydrogen-bond acceptors (Lipinski definition) is 4. The first-order valence-corrected chi connectivity index (χ1v) is 8.43. The Morgan fingerprint density at radius 3 is 2.62 bits per heavy atom. The van der Waals surface area contributed by atoms with Crippen molar-refractivity contribution in [2.45, 2.75) is 19.9 Å². The van der Waals surface area contributed by atoms with E-state index < -0.39 is 0 Å². The largest absolute Gasteiger partial charge is 0.467 e. The molecule has 0 N–H and O–H groups in total. The SMILES string of the molecule is Cc1ccc(N(Cc2ccco2)C(=O)Cc2noc3ccccc23)cc1. The summed E-state index contributed by atoms with van der Waals surface area (Å²) < 4.78 is 10.8. The van der Waals surface area contributed by atoms with Gasteiger partial charge in [0.05, 0.1) is 19.2 Å². The summed E-state index contributed by atoms with van der Waals surface area (Å²) in [7, 11) is 0. The number of carbonyl (C=O) groups is 1. The fourth-order valence-electron chi connectivity index (χ4n) is 2.91. The predicted octanol–water partition coefficient (Wildman–Crippen LogP) is 4.51. The minimum Gasteiger partial charge on any atom is -0.467 e. The minimum atomic E-state index is -0.0655. The molecule has 0 aliphatic heterocycles. The third-order valence-corrected chi connectivity index (χ3v) is 4.31. The van der Waals surface area contributed by atoms with Crippen LogP contribution in [0.15, 0.2) is 75.9 Å². The van der Waals surface area contributed by atoms with Crippen LogP contribution in [0.1, 0.15) is 17.0 Å². The molecule has 0 fully saturated rings. The highest BCUT2D eigenvalue weighted by Crippen LogP contribution is 2.22. The van der Waals surface area contributed by atoms with E-state index in [4.69, 9.17) is 8.94 Å². The highest BCUT2D eigenvalue weighted by molar-refractivity contribution is 5.96. The Hall–Kier alpha value is -3.34. The van der Waals surface area contributed by atoms with Crippen LogP contribution in [0.5, 0.6) is 0 Å². The Morgan fingerprint density at radius 1 is 1.04 bits per heavy atom. The van der Waals surface area contributed by atoms with E-state index in [-0.39, 0.29) is 12.3 Å². The van der Waals surface area contributed by atoms with Gasteiger partial charge in [-0.1, -0.05) is 35.0 Å². The average molecular weight is 346 g/mol. The number of para-hydroxylation sites is 1. The third-order valence-electron chi connectivity index (χ3n) is 4.31. The van der Waals surface area contributed by atoms with Gasteiger partial charge in [-0.25, -0.2) is 0 Å². The second-order valence-electron chi connectivity index (χ2n) is 6.20. The van der Waals surface area contributed by atoms with Crippen LogP contribution in [-0.4, -0.2) is 11.1 Å². The van der Waals surface area contributed by atoms with E-state index >= 15 is 0 Å². The predicted molar refractivity (Wildman–Crippen MR) is 98.8 cm³/mol. The van der Waals surface area contributed by atoms with Crippen LogP contribution in [0, 0.1) is 6.92 Å². The van der Waals surface area contributed by atoms with Crippen molar-refractivity contribution in [3.8, 4) is 0 Å². The fraction of sp³-hybridized carbons (Fsp3) is 0.143. The van der Waals surface area contributed by atoms with Crippen LogP contribution in [0.25, 0.3) is 11.0 Å². The molecule has 4 rings (SSSR count). The number of carbonyl (C=O) groups excluding carboxylic acids is 1. The van der Waals surface area contributed by atoms with Crippen molar-refractivity contribution >= 4 is 22.6 Å². The Bertz CT molecular complexity index is 1020. The molecule has 0 unspecified atom stereocenters. The topological polar surface area (TPSA) is 59.5 Å². The molecule has 0 saturated carbocycles. The van der Waals surface area contributed by atoms with Crippen molar-refractivity contribution in [1.29, 1.82) is 0 Å². The Morgan fingerprint density at radius 2 is 1.85 bits per heavy atom. The molecule has 0 spiro atoms. The van der Waals surface area contributed by atoms with Gasteiger partial charge in [-0.3, -0.25) is 4.79 Å². The van der Waals surface area contributed by atoms with Gasteiger partial charge in [-0.05, 0) is 43.3 Å². The van der Waals surface area contributed by atoms with Gasteiger partial charge in [-0.15, -0.1) is 0 Å². The lowest BCUT2D eigenvalue weighted by Gasteiger charge is -2.21. The lowest BCUT2D eigenvalue weighted by atomic mass is 10.1. The van der Waals surface area contributed by atoms with Gasteiger partial charge in [0.15, 0.2) is 5.58 Å². The molecule has 5 heteroatoms. The standard InChI is InChI=1S/C21H18N2O3/c1-15-8-10-16(11-9-15)23(14-17-5-4-12-25-17)21(24)13-19-18-6-2-3-7-20(18)26-22-19/h2-12H,13-14H2,1H3. The molecule has 0 radical (unpaired) electrons. The first-order valence-electron chi connectivity index (χ1n) is 8.43. The molecule has 0 bridgehead atoms. The number of rotatable bonds is 5. The lowest BCUT2D eigenvalue weighted by Crippen LogP contribution is -2.31. The van der Waals surface area contributed by atoms with Crippen LogP contribution in [0.2, 0.25) is 0 Å². The van der Waals surface area contributed by atoms with Crippen LogP contribution >= 0.6 is 0 Å². The van der Waals surface area contributed by atoms with Crippen molar-refractivity contribution in [2.24, 2.45) is 0 Å². The third kappa shape index (κ3) is 3.24. The normalized spacial score (nSPS) is 11.0. The van der Waals surface area contributed by atoms with Gasteiger partial charge in [0, 0.05) is 11.1 Å². The lowest BCUT2D eigenvalue weighted by molar-refractivity contribution is -0.118. The van der Waals surface area contributed by atoms with E-state index in [0.717, 1.165) is 22.4 Å². The van der Waals surface area contributed by atoms with Crippen molar-refractivity contribution in [3.05, 3.63) is 83.9 Å². The zero-order chi connectivity index (χ0) is 17.9. The summed E-state index contributed by atoms with van der Waals surface area (Å²) in [5, 5.41) is 4.94. The number of amides is 1. The zero-order valence-electron chi connectivity index (χ0n) is 14.4. The molecule has 2 aromatic heterocycles. The fourth-order valence-corrected chi connectivity index (χ4v) is 2.91. The van der Waals surface area contributed by atoms with Gasteiger partial charge >= 0.3 is 0 Å². The van der Waals surface area contributed by atoms with E-state index in [0.29, 0.717) is 17.8 Å². The minimum absolute atomic E-state index is 0.0655. The monoisotopic (exact) mass is 346 g/mol. The van der Waals surface area contributed by atoms with Gasteiger partial charge < -0.3 is 13.8 Å². The number of aromatic nitrogens is 1. The van der Waals surface area contributed by atoms with E-state index in [1.165, 1.54) is 0 Å². The summed E-state index contributed by atoms with van der Waals surface area (Å²) in [6, 6.07) is 19.1. The van der Waals surface area contributed by atoms with Crippen LogP contribution < -0.4 is 4.90 Å². The zero-order valence-corrected chi connectivity index (χ0v) is 14.4. The molecule has 0 aliphatic carbocycles. The molecule has 26 heavy (non-hydrogen) atoms. The molecular formula is C21H18N2O3. The van der Waals surface area contributed by atoms with E-state index in [9.17, 15) is 4.79 Å². The maximum atomic E-state index is 13.1. The summed E-state index contributed by atoms with van der Waals surface area (Å²) in [5.41, 5.74) is 3.29. The summed E-state index contributed by atoms with van der Waals surface area (Å²) in [5.74, 6) is 0.660. The second kappa shape index (κ2) is 6.88. The average Bonchev–Trinajstić information content (AvgIpc) is 3.31.